The Morgan fingerprint density at radius 3 is 2.67 bits per heavy atom. The van der Waals surface area contributed by atoms with E-state index in [0.29, 0.717) is 10.6 Å². The molecule has 24 heavy (non-hydrogen) atoms. The molecule has 1 aliphatic heterocycles. The molecule has 2 heterocycles. The number of fused-ring (bicyclic) bond motifs is 1. The molecule has 0 spiro atoms. The smallest absolute Gasteiger partial charge is 0.286 e. The van der Waals surface area contributed by atoms with E-state index in [1.165, 1.54) is 11.3 Å². The number of nitrogens with one attached hydrogen (secondary N) is 3. The van der Waals surface area contributed by atoms with Gasteiger partial charge in [0.2, 0.25) is 11.8 Å². The quantitative estimate of drug-likeness (QED) is 0.751. The highest BCUT2D eigenvalue weighted by atomic mass is 32.2. The topological polar surface area (TPSA) is 104 Å². The first-order chi connectivity index (χ1) is 11.5. The zero-order valence-corrected chi connectivity index (χ0v) is 14.7. The van der Waals surface area contributed by atoms with Crippen LogP contribution < -0.4 is 16.0 Å². The molecule has 0 saturated carbocycles. The molecule has 0 aromatic carbocycles. The third kappa shape index (κ3) is 3.32. The fourth-order valence-electron chi connectivity index (χ4n) is 2.89. The monoisotopic (exact) mass is 367 g/mol. The van der Waals surface area contributed by atoms with Gasteiger partial charge in [-0.2, -0.15) is 0 Å². The number of rotatable bonds is 4. The van der Waals surface area contributed by atoms with Crippen molar-refractivity contribution in [3.8, 4) is 0 Å². The predicted molar refractivity (Wildman–Crippen MR) is 92.5 cm³/mol. The zero-order chi connectivity index (χ0) is 17.3. The summed E-state index contributed by atoms with van der Waals surface area (Å²) in [5.41, 5.74) is 1.55. The standard InChI is InChI=1S/C15H17N3O4S2/c1-16-13(21)11-7-4-2-3-5-8(7)23-14(11)17-10(19)6-9-12(20)18-15(22)24-9/h9H,2-6H2,1H3,(H,16,21)(H,17,19)(H,18,20,22)/t9-/m0/s1. The molecule has 4 amide bonds. The van der Waals surface area contributed by atoms with Crippen molar-refractivity contribution in [3.05, 3.63) is 16.0 Å². The van der Waals surface area contributed by atoms with Crippen LogP contribution in [0.3, 0.4) is 0 Å². The van der Waals surface area contributed by atoms with Gasteiger partial charge in [0.05, 0.1) is 5.56 Å². The number of amides is 4. The summed E-state index contributed by atoms with van der Waals surface area (Å²) in [6, 6.07) is 0. The first-order valence-electron chi connectivity index (χ1n) is 7.67. The van der Waals surface area contributed by atoms with Crippen molar-refractivity contribution in [1.29, 1.82) is 0 Å². The van der Waals surface area contributed by atoms with E-state index < -0.39 is 16.4 Å². The molecule has 128 valence electrons. The molecular weight excluding hydrogens is 350 g/mol. The van der Waals surface area contributed by atoms with E-state index in [9.17, 15) is 19.2 Å². The molecule has 0 bridgehead atoms. The van der Waals surface area contributed by atoms with Crippen LogP contribution in [-0.2, 0) is 22.4 Å². The second kappa shape index (κ2) is 6.94. The number of imide groups is 1. The van der Waals surface area contributed by atoms with Gasteiger partial charge in [-0.25, -0.2) is 0 Å². The van der Waals surface area contributed by atoms with Gasteiger partial charge in [0.25, 0.3) is 11.1 Å². The van der Waals surface area contributed by atoms with E-state index in [2.05, 4.69) is 16.0 Å². The van der Waals surface area contributed by atoms with Crippen LogP contribution in [0.2, 0.25) is 0 Å². The van der Waals surface area contributed by atoms with E-state index in [0.717, 1.165) is 47.9 Å². The third-order valence-corrected chi connectivity index (χ3v) is 6.20. The van der Waals surface area contributed by atoms with E-state index in [-0.39, 0.29) is 18.2 Å². The van der Waals surface area contributed by atoms with Crippen molar-refractivity contribution in [1.82, 2.24) is 10.6 Å². The fourth-order valence-corrected chi connectivity index (χ4v) is 5.01. The lowest BCUT2D eigenvalue weighted by Crippen LogP contribution is -2.28. The van der Waals surface area contributed by atoms with E-state index >= 15 is 0 Å². The second-order valence-electron chi connectivity index (χ2n) is 5.63. The first kappa shape index (κ1) is 17.0. The third-order valence-electron chi connectivity index (χ3n) is 4.02. The van der Waals surface area contributed by atoms with Gasteiger partial charge >= 0.3 is 0 Å². The van der Waals surface area contributed by atoms with Gasteiger partial charge in [0.15, 0.2) is 0 Å². The molecule has 3 N–H and O–H groups in total. The summed E-state index contributed by atoms with van der Waals surface area (Å²) in [5.74, 6) is -1.04. The fraction of sp³-hybridized carbons (Fsp3) is 0.467. The van der Waals surface area contributed by atoms with Crippen molar-refractivity contribution in [3.63, 3.8) is 0 Å². The molecule has 1 fully saturated rings. The largest absolute Gasteiger partial charge is 0.355 e. The molecule has 9 heteroatoms. The van der Waals surface area contributed by atoms with Gasteiger partial charge in [0, 0.05) is 18.3 Å². The Morgan fingerprint density at radius 1 is 1.25 bits per heavy atom. The molecule has 1 atom stereocenters. The number of thioether (sulfide) groups is 1. The Bertz CT molecular complexity index is 729. The van der Waals surface area contributed by atoms with Crippen molar-refractivity contribution in [2.45, 2.75) is 37.4 Å². The molecule has 1 aliphatic carbocycles. The molecule has 7 nitrogen and oxygen atoms in total. The average molecular weight is 367 g/mol. The molecular formula is C15H17N3O4S2. The Morgan fingerprint density at radius 2 is 2.00 bits per heavy atom. The molecule has 0 radical (unpaired) electrons. The molecule has 1 aromatic rings. The van der Waals surface area contributed by atoms with Crippen molar-refractivity contribution in [2.75, 3.05) is 12.4 Å². The molecule has 1 saturated heterocycles. The summed E-state index contributed by atoms with van der Waals surface area (Å²) in [7, 11) is 1.56. The van der Waals surface area contributed by atoms with Gasteiger partial charge in [-0.3, -0.25) is 24.5 Å². The maximum atomic E-state index is 12.3. The second-order valence-corrected chi connectivity index (χ2v) is 7.91. The maximum absolute atomic E-state index is 12.3. The van der Waals surface area contributed by atoms with Crippen LogP contribution >= 0.6 is 23.1 Å². The minimum Gasteiger partial charge on any atom is -0.355 e. The summed E-state index contributed by atoms with van der Waals surface area (Å²) in [6.07, 6.45) is 3.75. The van der Waals surface area contributed by atoms with Gasteiger partial charge < -0.3 is 10.6 Å². The van der Waals surface area contributed by atoms with Gasteiger partial charge in [-0.05, 0) is 31.2 Å². The lowest BCUT2D eigenvalue weighted by molar-refractivity contribution is -0.122. The lowest BCUT2D eigenvalue weighted by Gasteiger charge is -2.12. The lowest BCUT2D eigenvalue weighted by atomic mass is 9.95. The average Bonchev–Trinajstić information content (AvgIpc) is 3.05. The highest BCUT2D eigenvalue weighted by molar-refractivity contribution is 8.15. The van der Waals surface area contributed by atoms with E-state index in [1.54, 1.807) is 7.05 Å². The first-order valence-corrected chi connectivity index (χ1v) is 9.37. The van der Waals surface area contributed by atoms with Gasteiger partial charge in [-0.15, -0.1) is 11.3 Å². The number of aryl methyl sites for hydroxylation is 1. The number of carbonyl (C=O) groups is 4. The van der Waals surface area contributed by atoms with Crippen LogP contribution in [-0.4, -0.2) is 35.3 Å². The van der Waals surface area contributed by atoms with E-state index in [1.807, 2.05) is 0 Å². The van der Waals surface area contributed by atoms with Crippen molar-refractivity contribution >= 4 is 51.1 Å². The number of hydrogen-bond acceptors (Lipinski definition) is 6. The van der Waals surface area contributed by atoms with Crippen LogP contribution in [0.1, 0.15) is 40.1 Å². The normalized spacial score (nSPS) is 19.6. The summed E-state index contributed by atoms with van der Waals surface area (Å²) < 4.78 is 0. The van der Waals surface area contributed by atoms with Crippen molar-refractivity contribution < 1.29 is 19.2 Å². The van der Waals surface area contributed by atoms with Gasteiger partial charge in [-0.1, -0.05) is 11.8 Å². The minimum absolute atomic E-state index is 0.0992. The maximum Gasteiger partial charge on any atom is 0.286 e. The van der Waals surface area contributed by atoms with Crippen LogP contribution in [0.15, 0.2) is 0 Å². The summed E-state index contributed by atoms with van der Waals surface area (Å²) in [4.78, 5) is 48.3. The van der Waals surface area contributed by atoms with Crippen LogP contribution in [0.4, 0.5) is 9.80 Å². The summed E-state index contributed by atoms with van der Waals surface area (Å²) >= 11 is 2.24. The molecule has 0 unspecified atom stereocenters. The molecule has 2 aliphatic rings. The van der Waals surface area contributed by atoms with E-state index in [4.69, 9.17) is 0 Å². The number of anilines is 1. The zero-order valence-electron chi connectivity index (χ0n) is 13.1. The van der Waals surface area contributed by atoms with Crippen molar-refractivity contribution in [2.24, 2.45) is 0 Å². The minimum atomic E-state index is -0.712. The van der Waals surface area contributed by atoms with Crippen LogP contribution in [0.25, 0.3) is 0 Å². The predicted octanol–water partition coefficient (Wildman–Crippen LogP) is 1.67. The highest BCUT2D eigenvalue weighted by Gasteiger charge is 2.34. The Hall–Kier alpha value is -1.87. The van der Waals surface area contributed by atoms with Crippen LogP contribution in [0.5, 0.6) is 0 Å². The Labute approximate surface area is 146 Å². The van der Waals surface area contributed by atoms with Crippen LogP contribution in [0, 0.1) is 0 Å². The molecule has 1 aromatic heterocycles. The summed E-state index contributed by atoms with van der Waals surface area (Å²) in [5, 5.41) is 6.92. The summed E-state index contributed by atoms with van der Waals surface area (Å²) in [6.45, 7) is 0. The molecule has 3 rings (SSSR count). The SMILES string of the molecule is CNC(=O)c1c(NC(=O)C[C@@H]2SC(=O)NC2=O)sc2c1CCCC2. The highest BCUT2D eigenvalue weighted by Crippen LogP contribution is 2.38. The Kier molecular flexibility index (Phi) is 4.91. The number of carbonyl (C=O) groups excluding carboxylic acids is 4. The number of thiophene rings is 1. The number of hydrogen-bond donors (Lipinski definition) is 3. The van der Waals surface area contributed by atoms with Gasteiger partial charge in [0.1, 0.15) is 10.3 Å². The Balaban J connectivity index is 1.78.